The molecule has 408 valence electrons. The first-order chi connectivity index (χ1) is 38.7. The Morgan fingerprint density at radius 2 is 0.912 bits per heavy atom. The minimum absolute atomic E-state index is 0.0746. The van der Waals surface area contributed by atoms with Crippen LogP contribution in [0.5, 0.6) is 0 Å². The van der Waals surface area contributed by atoms with Crippen LogP contribution in [0.25, 0.3) is 45.7 Å². The average molecular weight is 1120 g/mol. The van der Waals surface area contributed by atoms with Crippen LogP contribution in [0.2, 0.25) is 0 Å². The van der Waals surface area contributed by atoms with Crippen LogP contribution in [0.3, 0.4) is 0 Å². The SMILES string of the molecule is O=S(=O)(Nc1ccc(CCNCC(O)c2cccnc2)cc1)c1ccc(-c2noc(-c3ccc(F)cc3)n2)cc1.O=S(=O)(Nc1ccc(CCNCC(O)c2cccnc2)cc1)c1ccc(-c2noc(-c3cccc(F)c3)n2)cc1. The van der Waals surface area contributed by atoms with Crippen molar-refractivity contribution in [3.63, 3.8) is 0 Å². The third-order valence-electron chi connectivity index (χ3n) is 12.3. The Hall–Kier alpha value is -8.90. The van der Waals surface area contributed by atoms with E-state index in [-0.39, 0.29) is 39.0 Å². The van der Waals surface area contributed by atoms with Gasteiger partial charge in [0, 0.05) is 82.6 Å². The van der Waals surface area contributed by atoms with Gasteiger partial charge in [-0.3, -0.25) is 19.4 Å². The van der Waals surface area contributed by atoms with E-state index in [0.717, 1.165) is 22.3 Å². The number of pyridine rings is 2. The smallest absolute Gasteiger partial charge is 0.261 e. The molecule has 0 aliphatic heterocycles. The highest BCUT2D eigenvalue weighted by molar-refractivity contribution is 7.93. The largest absolute Gasteiger partial charge is 0.387 e. The molecule has 22 heteroatoms. The van der Waals surface area contributed by atoms with Gasteiger partial charge in [0.15, 0.2) is 0 Å². The van der Waals surface area contributed by atoms with Gasteiger partial charge in [0.05, 0.1) is 22.0 Å². The molecule has 0 aliphatic carbocycles. The van der Waals surface area contributed by atoms with Gasteiger partial charge in [-0.15, -0.1) is 0 Å². The highest BCUT2D eigenvalue weighted by Gasteiger charge is 2.19. The molecule has 0 amide bonds. The lowest BCUT2D eigenvalue weighted by Crippen LogP contribution is -2.23. The molecular weight excluding hydrogens is 1070 g/mol. The molecule has 18 nitrogen and oxygen atoms in total. The number of aliphatic hydroxyl groups is 2. The van der Waals surface area contributed by atoms with Gasteiger partial charge in [-0.1, -0.05) is 52.8 Å². The first-order valence-electron chi connectivity index (χ1n) is 25.0. The summed E-state index contributed by atoms with van der Waals surface area (Å²) < 4.78 is 94.0. The molecule has 0 saturated carbocycles. The minimum Gasteiger partial charge on any atom is -0.387 e. The predicted octanol–water partition coefficient (Wildman–Crippen LogP) is 9.21. The van der Waals surface area contributed by atoms with Crippen molar-refractivity contribution in [3.8, 4) is 45.7 Å². The molecule has 0 bridgehead atoms. The first-order valence-corrected chi connectivity index (χ1v) is 27.9. The summed E-state index contributed by atoms with van der Waals surface area (Å²) in [7, 11) is -7.64. The number of aliphatic hydroxyl groups excluding tert-OH is 2. The average Bonchev–Trinajstić information content (AvgIpc) is 4.20. The van der Waals surface area contributed by atoms with Crippen molar-refractivity contribution in [2.24, 2.45) is 0 Å². The second-order valence-corrected chi connectivity index (χ2v) is 21.4. The van der Waals surface area contributed by atoms with Gasteiger partial charge in [-0.25, -0.2) is 25.6 Å². The number of benzene rings is 6. The van der Waals surface area contributed by atoms with Crippen LogP contribution >= 0.6 is 0 Å². The number of halogens is 2. The highest BCUT2D eigenvalue weighted by atomic mass is 32.2. The first kappa shape index (κ1) is 55.8. The van der Waals surface area contributed by atoms with Gasteiger partial charge >= 0.3 is 0 Å². The minimum atomic E-state index is -3.83. The van der Waals surface area contributed by atoms with Gasteiger partial charge in [0.2, 0.25) is 11.6 Å². The van der Waals surface area contributed by atoms with E-state index in [0.29, 0.717) is 72.6 Å². The monoisotopic (exact) mass is 1120 g/mol. The molecule has 6 N–H and O–H groups in total. The molecular formula is C58H52F2N10O8S2. The molecule has 0 saturated heterocycles. The van der Waals surface area contributed by atoms with Gasteiger partial charge in [0.1, 0.15) is 11.6 Å². The van der Waals surface area contributed by atoms with Crippen molar-refractivity contribution in [1.82, 2.24) is 40.9 Å². The highest BCUT2D eigenvalue weighted by Crippen LogP contribution is 2.27. The number of sulfonamides is 2. The molecule has 0 radical (unpaired) electrons. The number of aromatic nitrogens is 6. The fourth-order valence-electron chi connectivity index (χ4n) is 7.93. The van der Waals surface area contributed by atoms with Crippen molar-refractivity contribution >= 4 is 31.4 Å². The molecule has 0 fully saturated rings. The van der Waals surface area contributed by atoms with Crippen LogP contribution in [-0.2, 0) is 32.9 Å². The summed E-state index contributed by atoms with van der Waals surface area (Å²) in [6.07, 6.45) is 6.76. The normalized spacial score (nSPS) is 12.2. The third-order valence-corrected chi connectivity index (χ3v) is 15.1. The standard InChI is InChI=1S/2C29H26FN5O4S/c30-24-5-1-3-22(17-24)29-33-28(34-39-29)21-8-12-26(13-9-21)40(37,38)35-25-10-6-20(7-11-25)14-16-32-19-27(36)23-4-2-15-31-18-23;30-24-9-5-22(6-10-24)29-33-28(34-39-29)21-7-13-26(14-8-21)40(37,38)35-25-11-3-20(4-12-25)15-17-32-19-27(36)23-2-1-16-31-18-23/h1-13,15,17-18,27,32,35-36H,14,16,19H2;1-14,16,18,27,32,35-36H,15,17,19H2. The summed E-state index contributed by atoms with van der Waals surface area (Å²) in [4.78, 5) is 16.8. The number of rotatable bonds is 22. The molecule has 80 heavy (non-hydrogen) atoms. The maximum Gasteiger partial charge on any atom is 0.261 e. The van der Waals surface area contributed by atoms with Gasteiger partial charge < -0.3 is 29.9 Å². The van der Waals surface area contributed by atoms with Crippen molar-refractivity contribution < 1.29 is 44.9 Å². The topological polar surface area (TPSA) is 260 Å². The van der Waals surface area contributed by atoms with Crippen molar-refractivity contribution in [1.29, 1.82) is 0 Å². The number of hydrogen-bond donors (Lipinski definition) is 6. The Bertz CT molecular complexity index is 3810. The van der Waals surface area contributed by atoms with Crippen molar-refractivity contribution in [2.45, 2.75) is 34.8 Å². The third kappa shape index (κ3) is 15.2. The molecule has 4 heterocycles. The summed E-state index contributed by atoms with van der Waals surface area (Å²) in [5, 5.41) is 34.7. The zero-order valence-corrected chi connectivity index (χ0v) is 44.1. The summed E-state index contributed by atoms with van der Waals surface area (Å²) in [5.41, 5.74) is 6.58. The lowest BCUT2D eigenvalue weighted by atomic mass is 10.1. The van der Waals surface area contributed by atoms with Crippen LogP contribution in [0, 0.1) is 11.6 Å². The summed E-state index contributed by atoms with van der Waals surface area (Å²) in [5.74, 6) is 0.150. The van der Waals surface area contributed by atoms with Gasteiger partial charge in [-0.2, -0.15) is 9.97 Å². The molecule has 4 aromatic heterocycles. The Labute approximate surface area is 459 Å². The lowest BCUT2D eigenvalue weighted by molar-refractivity contribution is 0.174. The number of nitrogens with zero attached hydrogens (tertiary/aromatic N) is 6. The Kier molecular flexibility index (Phi) is 18.3. The van der Waals surface area contributed by atoms with Gasteiger partial charge in [-0.05, 0) is 164 Å². The van der Waals surface area contributed by atoms with E-state index in [4.69, 9.17) is 9.05 Å². The second kappa shape index (κ2) is 26.2. The molecule has 2 unspecified atom stereocenters. The molecule has 10 rings (SSSR count). The van der Waals surface area contributed by atoms with Crippen LogP contribution in [-0.4, -0.2) is 83.5 Å². The van der Waals surface area contributed by atoms with Crippen molar-refractivity contribution in [2.75, 3.05) is 35.6 Å². The molecule has 0 spiro atoms. The van der Waals surface area contributed by atoms with Crippen LogP contribution in [0.15, 0.2) is 213 Å². The van der Waals surface area contributed by atoms with Crippen LogP contribution < -0.4 is 20.1 Å². The number of nitrogens with one attached hydrogen (secondary N) is 4. The maximum atomic E-state index is 13.5. The summed E-state index contributed by atoms with van der Waals surface area (Å²) in [6.45, 7) is 2.12. The summed E-state index contributed by atoms with van der Waals surface area (Å²) in [6, 6.07) is 45.1. The molecule has 6 aromatic carbocycles. The zero-order valence-electron chi connectivity index (χ0n) is 42.5. The summed E-state index contributed by atoms with van der Waals surface area (Å²) >= 11 is 0. The number of anilines is 2. The van der Waals surface area contributed by atoms with E-state index in [1.807, 2.05) is 36.4 Å². The van der Waals surface area contributed by atoms with Crippen molar-refractivity contribution in [3.05, 3.63) is 229 Å². The predicted molar refractivity (Wildman–Crippen MR) is 296 cm³/mol. The Morgan fingerprint density at radius 3 is 1.34 bits per heavy atom. The molecule has 2 atom stereocenters. The zero-order chi connectivity index (χ0) is 55.9. The van der Waals surface area contributed by atoms with Crippen LogP contribution in [0.4, 0.5) is 20.2 Å². The maximum absolute atomic E-state index is 13.5. The van der Waals surface area contributed by atoms with E-state index >= 15 is 0 Å². The fourth-order valence-corrected chi connectivity index (χ4v) is 10.0. The van der Waals surface area contributed by atoms with E-state index < -0.39 is 38.1 Å². The second-order valence-electron chi connectivity index (χ2n) is 18.0. The van der Waals surface area contributed by atoms with Crippen LogP contribution in [0.1, 0.15) is 34.5 Å². The van der Waals surface area contributed by atoms with E-state index in [1.54, 1.807) is 97.6 Å². The van der Waals surface area contributed by atoms with Gasteiger partial charge in [0.25, 0.3) is 31.8 Å². The Balaban J connectivity index is 0.000000194. The quantitative estimate of drug-likeness (QED) is 0.0346. The molecule has 10 aromatic rings. The Morgan fingerprint density at radius 1 is 0.475 bits per heavy atom. The van der Waals surface area contributed by atoms with E-state index in [2.05, 4.69) is 50.3 Å². The van der Waals surface area contributed by atoms with E-state index in [9.17, 15) is 35.8 Å². The fraction of sp³-hybridized carbons (Fsp3) is 0.138. The lowest BCUT2D eigenvalue weighted by Gasteiger charge is -2.12. The van der Waals surface area contributed by atoms with E-state index in [1.165, 1.54) is 60.7 Å². The number of hydrogen-bond acceptors (Lipinski definition) is 16. The molecule has 0 aliphatic rings.